The fourth-order valence-corrected chi connectivity index (χ4v) is 1.83. The molecule has 2 aromatic rings. The molecular formula is C15H21N3O2. The van der Waals surface area contributed by atoms with Gasteiger partial charge in [0.1, 0.15) is 24.3 Å². The second-order valence-electron chi connectivity index (χ2n) is 5.98. The monoisotopic (exact) mass is 275 g/mol. The van der Waals surface area contributed by atoms with Gasteiger partial charge in [-0.05, 0) is 17.5 Å². The Balaban J connectivity index is 2.11. The van der Waals surface area contributed by atoms with Crippen LogP contribution in [-0.4, -0.2) is 32.5 Å². The number of hydrogen-bond donors (Lipinski definition) is 2. The summed E-state index contributed by atoms with van der Waals surface area (Å²) in [6.07, 6.45) is 1.85. The topological polar surface area (TPSA) is 71.0 Å². The number of nitrogens with one attached hydrogen (secondary N) is 1. The minimum Gasteiger partial charge on any atom is -0.491 e. The van der Waals surface area contributed by atoms with Crippen molar-refractivity contribution in [1.29, 1.82) is 0 Å². The highest BCUT2D eigenvalue weighted by atomic mass is 16.5. The van der Waals surface area contributed by atoms with Crippen LogP contribution in [0.4, 0.5) is 0 Å². The molecule has 20 heavy (non-hydrogen) atoms. The highest BCUT2D eigenvalue weighted by Gasteiger charge is 2.42. The predicted molar refractivity (Wildman–Crippen MR) is 76.4 cm³/mol. The third kappa shape index (κ3) is 3.36. The van der Waals surface area contributed by atoms with Crippen molar-refractivity contribution in [2.45, 2.75) is 32.8 Å². The van der Waals surface area contributed by atoms with Crippen molar-refractivity contribution in [3.8, 4) is 5.75 Å². The van der Waals surface area contributed by atoms with Crippen LogP contribution in [0.3, 0.4) is 0 Å². The van der Waals surface area contributed by atoms with Crippen molar-refractivity contribution in [2.24, 2.45) is 5.41 Å². The van der Waals surface area contributed by atoms with E-state index in [1.165, 1.54) is 6.33 Å². The molecule has 5 heteroatoms. The van der Waals surface area contributed by atoms with Crippen molar-refractivity contribution < 1.29 is 9.84 Å². The Hall–Kier alpha value is -1.88. The summed E-state index contributed by atoms with van der Waals surface area (Å²) in [5.74, 6) is 1.32. The normalized spacial score (nSPS) is 14.8. The van der Waals surface area contributed by atoms with Crippen molar-refractivity contribution in [3.05, 3.63) is 42.5 Å². The van der Waals surface area contributed by atoms with E-state index in [1.54, 1.807) is 0 Å². The number of H-pyrrole nitrogens is 1. The van der Waals surface area contributed by atoms with Gasteiger partial charge in [-0.3, -0.25) is 5.10 Å². The molecular weight excluding hydrogens is 254 g/mol. The first-order valence-electron chi connectivity index (χ1n) is 6.66. The molecule has 0 saturated carbocycles. The number of hydrogen-bond acceptors (Lipinski definition) is 4. The summed E-state index contributed by atoms with van der Waals surface area (Å²) in [5, 5.41) is 17.6. The van der Waals surface area contributed by atoms with E-state index in [0.717, 1.165) is 5.75 Å². The van der Waals surface area contributed by atoms with Crippen LogP contribution in [0.1, 0.15) is 26.6 Å². The van der Waals surface area contributed by atoms with E-state index in [4.69, 9.17) is 4.74 Å². The summed E-state index contributed by atoms with van der Waals surface area (Å²) in [4.78, 5) is 4.09. The van der Waals surface area contributed by atoms with Gasteiger partial charge in [0.05, 0.1) is 0 Å². The first-order chi connectivity index (χ1) is 9.41. The molecule has 0 fully saturated rings. The lowest BCUT2D eigenvalue weighted by molar-refractivity contribution is -0.0883. The average molecular weight is 275 g/mol. The lowest BCUT2D eigenvalue weighted by Gasteiger charge is -2.39. The molecule has 1 atom stereocenters. The second kappa shape index (κ2) is 5.63. The molecule has 2 rings (SSSR count). The zero-order valence-corrected chi connectivity index (χ0v) is 12.1. The number of rotatable bonds is 5. The Labute approximate surface area is 119 Å². The quantitative estimate of drug-likeness (QED) is 0.877. The minimum atomic E-state index is -1.05. The first kappa shape index (κ1) is 14.5. The summed E-state index contributed by atoms with van der Waals surface area (Å²) in [6.45, 7) is 6.13. The molecule has 5 nitrogen and oxygen atoms in total. The van der Waals surface area contributed by atoms with E-state index in [1.807, 2.05) is 51.1 Å². The number of aromatic nitrogens is 3. The molecule has 1 aromatic carbocycles. The number of nitrogens with zero attached hydrogens (tertiary/aromatic N) is 2. The number of aromatic amines is 1. The largest absolute Gasteiger partial charge is 0.491 e. The summed E-state index contributed by atoms with van der Waals surface area (Å²) in [6, 6.07) is 9.48. The molecule has 108 valence electrons. The molecule has 0 amide bonds. The Morgan fingerprint density at radius 3 is 2.45 bits per heavy atom. The molecule has 0 aliphatic rings. The Bertz CT molecular complexity index is 520. The van der Waals surface area contributed by atoms with Gasteiger partial charge in [0.25, 0.3) is 0 Å². The zero-order valence-electron chi connectivity index (χ0n) is 12.1. The molecule has 1 unspecified atom stereocenters. The zero-order chi connectivity index (χ0) is 14.6. The molecule has 0 aliphatic carbocycles. The van der Waals surface area contributed by atoms with E-state index in [9.17, 15) is 5.11 Å². The SMILES string of the molecule is CC(C)(C)C(O)(COc1ccccc1)Cc1nc[nH]n1. The maximum atomic E-state index is 11.0. The van der Waals surface area contributed by atoms with Gasteiger partial charge >= 0.3 is 0 Å². The summed E-state index contributed by atoms with van der Waals surface area (Å²) in [5.41, 5.74) is -1.41. The predicted octanol–water partition coefficient (Wildman–Crippen LogP) is 2.20. The van der Waals surface area contributed by atoms with Gasteiger partial charge in [-0.15, -0.1) is 0 Å². The minimum absolute atomic E-state index is 0.190. The third-order valence-electron chi connectivity index (χ3n) is 3.53. The summed E-state index contributed by atoms with van der Waals surface area (Å²) < 4.78 is 5.73. The van der Waals surface area contributed by atoms with Crippen LogP contribution in [0.5, 0.6) is 5.75 Å². The van der Waals surface area contributed by atoms with Gasteiger partial charge < -0.3 is 9.84 Å². The molecule has 1 aromatic heterocycles. The van der Waals surface area contributed by atoms with Gasteiger partial charge in [0.2, 0.25) is 0 Å². The molecule has 2 N–H and O–H groups in total. The standard InChI is InChI=1S/C15H21N3O2/c1-14(2,3)15(19,9-13-16-11-17-18-13)10-20-12-7-5-4-6-8-12/h4-8,11,19H,9-10H2,1-3H3,(H,16,17,18). The van der Waals surface area contributed by atoms with Gasteiger partial charge in [-0.2, -0.15) is 5.10 Å². The van der Waals surface area contributed by atoms with E-state index in [2.05, 4.69) is 15.2 Å². The van der Waals surface area contributed by atoms with Crippen LogP contribution in [0.15, 0.2) is 36.7 Å². The van der Waals surface area contributed by atoms with E-state index in [0.29, 0.717) is 12.2 Å². The summed E-state index contributed by atoms with van der Waals surface area (Å²) in [7, 11) is 0. The Morgan fingerprint density at radius 2 is 1.90 bits per heavy atom. The van der Waals surface area contributed by atoms with E-state index < -0.39 is 5.60 Å². The molecule has 0 spiro atoms. The maximum Gasteiger partial charge on any atom is 0.153 e. The molecule has 0 saturated heterocycles. The van der Waals surface area contributed by atoms with Crippen LogP contribution in [0, 0.1) is 5.41 Å². The fraction of sp³-hybridized carbons (Fsp3) is 0.467. The maximum absolute atomic E-state index is 11.0. The average Bonchev–Trinajstić information content (AvgIpc) is 2.89. The van der Waals surface area contributed by atoms with Crippen molar-refractivity contribution in [3.63, 3.8) is 0 Å². The number of aliphatic hydroxyl groups is 1. The van der Waals surface area contributed by atoms with Crippen LogP contribution in [0.25, 0.3) is 0 Å². The number of benzene rings is 1. The molecule has 0 aliphatic heterocycles. The molecule has 1 heterocycles. The lowest BCUT2D eigenvalue weighted by Crippen LogP contribution is -2.50. The molecule has 0 radical (unpaired) electrons. The van der Waals surface area contributed by atoms with Crippen LogP contribution < -0.4 is 4.74 Å². The van der Waals surface area contributed by atoms with Gasteiger partial charge in [-0.1, -0.05) is 39.0 Å². The number of para-hydroxylation sites is 1. The smallest absolute Gasteiger partial charge is 0.153 e. The van der Waals surface area contributed by atoms with Crippen molar-refractivity contribution >= 4 is 0 Å². The van der Waals surface area contributed by atoms with E-state index in [-0.39, 0.29) is 12.0 Å². The third-order valence-corrected chi connectivity index (χ3v) is 3.53. The van der Waals surface area contributed by atoms with Gasteiger partial charge in [0.15, 0.2) is 5.82 Å². The molecule has 0 bridgehead atoms. The van der Waals surface area contributed by atoms with Crippen molar-refractivity contribution in [2.75, 3.05) is 6.61 Å². The highest BCUT2D eigenvalue weighted by Crippen LogP contribution is 2.33. The number of ether oxygens (including phenoxy) is 1. The first-order valence-corrected chi connectivity index (χ1v) is 6.66. The fourth-order valence-electron chi connectivity index (χ4n) is 1.83. The van der Waals surface area contributed by atoms with Gasteiger partial charge in [0, 0.05) is 6.42 Å². The van der Waals surface area contributed by atoms with Crippen LogP contribution >= 0.6 is 0 Å². The van der Waals surface area contributed by atoms with Gasteiger partial charge in [-0.25, -0.2) is 4.98 Å². The van der Waals surface area contributed by atoms with Crippen LogP contribution in [0.2, 0.25) is 0 Å². The Kier molecular flexibility index (Phi) is 4.09. The Morgan fingerprint density at radius 1 is 1.20 bits per heavy atom. The van der Waals surface area contributed by atoms with Crippen LogP contribution in [-0.2, 0) is 6.42 Å². The lowest BCUT2D eigenvalue weighted by atomic mass is 9.74. The van der Waals surface area contributed by atoms with Crippen molar-refractivity contribution in [1.82, 2.24) is 15.2 Å². The summed E-state index contributed by atoms with van der Waals surface area (Å²) >= 11 is 0. The van der Waals surface area contributed by atoms with E-state index >= 15 is 0 Å². The highest BCUT2D eigenvalue weighted by molar-refractivity contribution is 5.21. The second-order valence-corrected chi connectivity index (χ2v) is 5.98.